The normalized spacial score (nSPS) is 11.6. The first-order chi connectivity index (χ1) is 8.84. The summed E-state index contributed by atoms with van der Waals surface area (Å²) >= 11 is 7.62. The van der Waals surface area contributed by atoms with E-state index in [9.17, 15) is 0 Å². The predicted molar refractivity (Wildman–Crippen MR) is 81.9 cm³/mol. The van der Waals surface area contributed by atoms with Gasteiger partial charge in [0.1, 0.15) is 6.61 Å². The standard InChI is InChI=1S/C10H6ClNOS.2C2H6/c11-6-1-2-7-8-5-13-12-4-10(8)14-9(7)3-6;2*1-2/h1-4H,5H2;2*1-2H3. The Morgan fingerprint density at radius 3 is 2.67 bits per heavy atom. The van der Waals surface area contributed by atoms with Crippen molar-refractivity contribution in [2.75, 3.05) is 0 Å². The number of hydrogen-bond donors (Lipinski definition) is 0. The van der Waals surface area contributed by atoms with E-state index in [-0.39, 0.29) is 0 Å². The van der Waals surface area contributed by atoms with Crippen LogP contribution in [-0.2, 0) is 11.4 Å². The molecule has 0 saturated carbocycles. The molecule has 0 aliphatic carbocycles. The second kappa shape index (κ2) is 7.39. The van der Waals surface area contributed by atoms with Gasteiger partial charge in [-0.2, -0.15) is 0 Å². The van der Waals surface area contributed by atoms with Gasteiger partial charge >= 0.3 is 0 Å². The summed E-state index contributed by atoms with van der Waals surface area (Å²) in [5.74, 6) is 0. The Morgan fingerprint density at radius 1 is 1.22 bits per heavy atom. The number of rotatable bonds is 0. The van der Waals surface area contributed by atoms with E-state index >= 15 is 0 Å². The molecule has 0 fully saturated rings. The molecule has 0 saturated heterocycles. The van der Waals surface area contributed by atoms with E-state index in [1.165, 1.54) is 20.5 Å². The summed E-state index contributed by atoms with van der Waals surface area (Å²) in [4.78, 5) is 6.21. The van der Waals surface area contributed by atoms with E-state index in [0.29, 0.717) is 6.61 Å². The smallest absolute Gasteiger partial charge is 0.144 e. The molecule has 3 rings (SSSR count). The monoisotopic (exact) mass is 283 g/mol. The molecule has 0 N–H and O–H groups in total. The average molecular weight is 284 g/mol. The second-order valence-electron chi connectivity index (χ2n) is 3.09. The molecule has 1 aliphatic heterocycles. The average Bonchev–Trinajstić information content (AvgIpc) is 2.80. The highest BCUT2D eigenvalue weighted by molar-refractivity contribution is 7.20. The largest absolute Gasteiger partial charge is 0.391 e. The highest BCUT2D eigenvalue weighted by Crippen LogP contribution is 2.34. The first-order valence-electron chi connectivity index (χ1n) is 6.21. The molecule has 0 radical (unpaired) electrons. The summed E-state index contributed by atoms with van der Waals surface area (Å²) in [5, 5.41) is 5.78. The SMILES string of the molecule is CC.CC.Clc1ccc2c3c(sc2c1)C=NOC3. The number of fused-ring (bicyclic) bond motifs is 3. The van der Waals surface area contributed by atoms with Gasteiger partial charge in [-0.1, -0.05) is 50.5 Å². The Hall–Kier alpha value is -1.06. The van der Waals surface area contributed by atoms with Crippen molar-refractivity contribution >= 4 is 39.2 Å². The van der Waals surface area contributed by atoms with Crippen molar-refractivity contribution in [1.82, 2.24) is 0 Å². The molecule has 1 aromatic carbocycles. The van der Waals surface area contributed by atoms with Crippen molar-refractivity contribution in [3.05, 3.63) is 33.7 Å². The lowest BCUT2D eigenvalue weighted by molar-refractivity contribution is 0.129. The molecule has 2 aromatic rings. The third-order valence-electron chi connectivity index (χ3n) is 2.24. The highest BCUT2D eigenvalue weighted by atomic mass is 35.5. The molecule has 98 valence electrons. The first-order valence-corrected chi connectivity index (χ1v) is 7.40. The second-order valence-corrected chi connectivity index (χ2v) is 4.61. The zero-order valence-electron chi connectivity index (χ0n) is 11.2. The fourth-order valence-electron chi connectivity index (χ4n) is 1.58. The molecule has 2 heterocycles. The maximum Gasteiger partial charge on any atom is 0.144 e. The molecule has 0 atom stereocenters. The molecule has 4 heteroatoms. The lowest BCUT2D eigenvalue weighted by Gasteiger charge is -2.04. The molecule has 0 unspecified atom stereocenters. The van der Waals surface area contributed by atoms with Crippen molar-refractivity contribution in [2.24, 2.45) is 5.16 Å². The van der Waals surface area contributed by atoms with Crippen LogP contribution < -0.4 is 0 Å². The van der Waals surface area contributed by atoms with Gasteiger partial charge < -0.3 is 4.84 Å². The van der Waals surface area contributed by atoms with Crippen LogP contribution in [0.15, 0.2) is 23.4 Å². The molecule has 0 amide bonds. The summed E-state index contributed by atoms with van der Waals surface area (Å²) in [6.45, 7) is 8.56. The number of hydrogen-bond acceptors (Lipinski definition) is 3. The summed E-state index contributed by atoms with van der Waals surface area (Å²) in [7, 11) is 0. The summed E-state index contributed by atoms with van der Waals surface area (Å²) in [6, 6.07) is 5.92. The molecule has 0 bridgehead atoms. The number of thiophene rings is 1. The minimum Gasteiger partial charge on any atom is -0.391 e. The van der Waals surface area contributed by atoms with Crippen LogP contribution >= 0.6 is 22.9 Å². The highest BCUT2D eigenvalue weighted by Gasteiger charge is 2.14. The lowest BCUT2D eigenvalue weighted by atomic mass is 10.1. The number of halogens is 1. The Morgan fingerprint density at radius 2 is 1.94 bits per heavy atom. The van der Waals surface area contributed by atoms with Gasteiger partial charge in [0.2, 0.25) is 0 Å². The van der Waals surface area contributed by atoms with E-state index in [2.05, 4.69) is 5.16 Å². The Balaban J connectivity index is 0.000000371. The third-order valence-corrected chi connectivity index (χ3v) is 3.60. The van der Waals surface area contributed by atoms with Crippen LogP contribution in [-0.4, -0.2) is 6.21 Å². The Bertz CT molecular complexity index is 534. The summed E-state index contributed by atoms with van der Waals surface area (Å²) in [6.07, 6.45) is 1.76. The van der Waals surface area contributed by atoms with Crippen LogP contribution in [0, 0.1) is 0 Å². The molecule has 2 nitrogen and oxygen atoms in total. The number of oxime groups is 1. The van der Waals surface area contributed by atoms with E-state index in [0.717, 1.165) is 5.02 Å². The van der Waals surface area contributed by atoms with Crippen LogP contribution in [0.25, 0.3) is 10.1 Å². The molecular weight excluding hydrogens is 266 g/mol. The van der Waals surface area contributed by atoms with E-state index in [1.54, 1.807) is 17.6 Å². The van der Waals surface area contributed by atoms with Crippen LogP contribution in [0.4, 0.5) is 0 Å². The van der Waals surface area contributed by atoms with Gasteiger partial charge in [-0.25, -0.2) is 0 Å². The van der Waals surface area contributed by atoms with Crippen LogP contribution in [0.1, 0.15) is 38.1 Å². The van der Waals surface area contributed by atoms with E-state index in [4.69, 9.17) is 16.4 Å². The topological polar surface area (TPSA) is 21.6 Å². The number of nitrogens with zero attached hydrogens (tertiary/aromatic N) is 1. The summed E-state index contributed by atoms with van der Waals surface area (Å²) < 4.78 is 1.19. The minimum absolute atomic E-state index is 0.563. The van der Waals surface area contributed by atoms with Crippen molar-refractivity contribution < 1.29 is 4.84 Å². The fourth-order valence-corrected chi connectivity index (χ4v) is 2.93. The molecule has 0 spiro atoms. The maximum absolute atomic E-state index is 5.92. The molecule has 1 aromatic heterocycles. The lowest BCUT2D eigenvalue weighted by Crippen LogP contribution is -1.96. The Kier molecular flexibility index (Phi) is 6.16. The predicted octanol–water partition coefficient (Wildman–Crippen LogP) is 5.47. The van der Waals surface area contributed by atoms with Gasteiger partial charge in [0.05, 0.1) is 11.1 Å². The van der Waals surface area contributed by atoms with Crippen LogP contribution in [0.5, 0.6) is 0 Å². The van der Waals surface area contributed by atoms with Gasteiger partial charge in [-0.05, 0) is 17.5 Å². The molecule has 18 heavy (non-hydrogen) atoms. The fraction of sp³-hybridized carbons (Fsp3) is 0.357. The quantitative estimate of drug-likeness (QED) is 0.628. The van der Waals surface area contributed by atoms with Gasteiger partial charge in [0, 0.05) is 15.3 Å². The van der Waals surface area contributed by atoms with Crippen molar-refractivity contribution in [3.8, 4) is 0 Å². The number of benzene rings is 1. The zero-order chi connectivity index (χ0) is 13.5. The maximum atomic E-state index is 5.92. The Labute approximate surface area is 117 Å². The molecular formula is C14H18ClNOS. The van der Waals surface area contributed by atoms with Gasteiger partial charge in [-0.3, -0.25) is 0 Å². The van der Waals surface area contributed by atoms with E-state index in [1.807, 2.05) is 45.9 Å². The van der Waals surface area contributed by atoms with Crippen molar-refractivity contribution in [2.45, 2.75) is 34.3 Å². The van der Waals surface area contributed by atoms with Crippen LogP contribution in [0.2, 0.25) is 5.02 Å². The van der Waals surface area contributed by atoms with Crippen molar-refractivity contribution in [1.29, 1.82) is 0 Å². The molecule has 1 aliphatic rings. The van der Waals surface area contributed by atoms with Crippen LogP contribution in [0.3, 0.4) is 0 Å². The zero-order valence-corrected chi connectivity index (χ0v) is 12.7. The van der Waals surface area contributed by atoms with Gasteiger partial charge in [0.25, 0.3) is 0 Å². The first kappa shape index (κ1) is 15.0. The van der Waals surface area contributed by atoms with E-state index < -0.39 is 0 Å². The van der Waals surface area contributed by atoms with Gasteiger partial charge in [-0.15, -0.1) is 11.3 Å². The van der Waals surface area contributed by atoms with Crippen molar-refractivity contribution in [3.63, 3.8) is 0 Å². The summed E-state index contributed by atoms with van der Waals surface area (Å²) in [5.41, 5.74) is 1.22. The minimum atomic E-state index is 0.563. The van der Waals surface area contributed by atoms with Gasteiger partial charge in [0.15, 0.2) is 0 Å². The third kappa shape index (κ3) is 3.03.